The molecule has 0 aromatic heterocycles. The minimum Gasteiger partial charge on any atom is 0 e. The molecule has 0 atom stereocenters. The predicted molar refractivity (Wildman–Crippen MR) is 29.8 cm³/mol. The summed E-state index contributed by atoms with van der Waals surface area (Å²) >= 11 is 0. The molecule has 0 aromatic carbocycles. The Morgan fingerprint density at radius 3 is 0.667 bits per heavy atom. The normalized spacial score (nSPS) is 0. The second-order valence-corrected chi connectivity index (χ2v) is 0. The van der Waals surface area contributed by atoms with Gasteiger partial charge < -0.3 is 0 Å². The maximum absolute atomic E-state index is 0. The summed E-state index contributed by atoms with van der Waals surface area (Å²) in [5, 5.41) is 0. The molecule has 0 saturated heterocycles. The first kappa shape index (κ1) is 54.8. The van der Waals surface area contributed by atoms with E-state index in [9.17, 15) is 0 Å². The van der Waals surface area contributed by atoms with E-state index in [0.717, 1.165) is 0 Å². The van der Waals surface area contributed by atoms with Crippen LogP contribution in [0.3, 0.4) is 0 Å². The zero-order valence-electron chi connectivity index (χ0n) is 1.36. The van der Waals surface area contributed by atoms with Crippen LogP contribution < -0.4 is 0 Å². The van der Waals surface area contributed by atoms with E-state index in [-0.39, 0.29) is 114 Å². The van der Waals surface area contributed by atoms with Gasteiger partial charge in [-0.05, 0) is 0 Å². The minimum atomic E-state index is 0. The second-order valence-electron chi connectivity index (χ2n) is 0. The van der Waals surface area contributed by atoms with Crippen molar-refractivity contribution in [3.05, 3.63) is 0 Å². The Morgan fingerprint density at radius 2 is 0.667 bits per heavy atom. The van der Waals surface area contributed by atoms with E-state index in [0.29, 0.717) is 0 Å². The van der Waals surface area contributed by atoms with Crippen LogP contribution in [0.4, 0.5) is 0 Å². The summed E-state index contributed by atoms with van der Waals surface area (Å²) < 4.78 is 0. The van der Waals surface area contributed by atoms with Gasteiger partial charge in [0.15, 0.2) is 52.1 Å². The predicted octanol–water partition coefficient (Wildman–Crippen LogP) is -3.56. The van der Waals surface area contributed by atoms with Crippen LogP contribution in [-0.2, 0) is 62.1 Å². The Kier molecular flexibility index (Phi) is 350. The van der Waals surface area contributed by atoms with Crippen LogP contribution in [0.25, 0.3) is 0 Å². The van der Waals surface area contributed by atoms with Crippen LogP contribution in [-0.4, -0.2) is 52.1 Å². The first-order valence-corrected chi connectivity index (χ1v) is 0. The molecule has 0 aromatic rings. The third-order valence-electron chi connectivity index (χ3n) is 0. The number of hydrogen-bond donors (Lipinski definition) is 0. The van der Waals surface area contributed by atoms with Crippen molar-refractivity contribution in [3.63, 3.8) is 0 Å². The van der Waals surface area contributed by atoms with Gasteiger partial charge in [0.1, 0.15) is 0 Å². The summed E-state index contributed by atoms with van der Waals surface area (Å²) in [5.74, 6) is 0. The fraction of sp³-hybridized carbons (Fsp3) is 0. The molecule has 6 heavy (non-hydrogen) atoms. The first-order valence-electron chi connectivity index (χ1n) is 0. The van der Waals surface area contributed by atoms with E-state index >= 15 is 0 Å². The van der Waals surface area contributed by atoms with Gasteiger partial charge in [0.2, 0.25) is 0 Å². The molecule has 0 fully saturated rings. The molecular weight excluding hydrogens is 275 g/mol. The third-order valence-corrected chi connectivity index (χ3v) is 0. The van der Waals surface area contributed by atoms with E-state index in [4.69, 9.17) is 0 Å². The van der Waals surface area contributed by atoms with Crippen molar-refractivity contribution in [3.8, 4) is 0 Å². The van der Waals surface area contributed by atoms with Gasteiger partial charge in [0, 0.05) is 62.1 Å². The van der Waals surface area contributed by atoms with Gasteiger partial charge in [-0.1, -0.05) is 0 Å². The average Bonchev–Trinajstić information content (AvgIpc) is 0. The molecule has 0 aliphatic rings. The van der Waals surface area contributed by atoms with E-state index in [1.54, 1.807) is 0 Å². The van der Waals surface area contributed by atoms with Gasteiger partial charge in [0.05, 0.1) is 0 Å². The Hall–Kier alpha value is 3.60. The maximum Gasteiger partial charge on any atom is 0.187 e. The molecule has 0 N–H and O–H groups in total. The van der Waals surface area contributed by atoms with E-state index in [1.165, 1.54) is 0 Å². The summed E-state index contributed by atoms with van der Waals surface area (Å²) in [6, 6.07) is 0. The van der Waals surface area contributed by atoms with Crippen LogP contribution in [0.5, 0.6) is 0 Å². The van der Waals surface area contributed by atoms with E-state index < -0.39 is 0 Å². The molecule has 0 aliphatic carbocycles. The van der Waals surface area contributed by atoms with Crippen molar-refractivity contribution in [2.75, 3.05) is 0 Å². The van der Waals surface area contributed by atoms with Crippen molar-refractivity contribution >= 4 is 52.1 Å². The largest absolute Gasteiger partial charge is 0.187 e. The Bertz CT molecular complexity index is 10.8. The fourth-order valence-corrected chi connectivity index (χ4v) is 0. The fourth-order valence-electron chi connectivity index (χ4n) is 0. The Labute approximate surface area is 112 Å². The second kappa shape index (κ2) is 38.3. The van der Waals surface area contributed by atoms with Gasteiger partial charge in [-0.2, -0.15) is 0 Å². The first-order chi connectivity index (χ1) is 0. The monoisotopic (exact) mass is 283 g/mol. The molecule has 0 spiro atoms. The molecule has 0 amide bonds. The van der Waals surface area contributed by atoms with E-state index in [2.05, 4.69) is 0 Å². The smallest absolute Gasteiger partial charge is 0 e. The number of rotatable bonds is 0. The zero-order chi connectivity index (χ0) is 0. The summed E-state index contributed by atoms with van der Waals surface area (Å²) in [6.07, 6.45) is 0. The quantitative estimate of drug-likeness (QED) is 0.404. The van der Waals surface area contributed by atoms with Gasteiger partial charge in [-0.15, -0.1) is 0 Å². The van der Waals surface area contributed by atoms with Crippen LogP contribution in [0.1, 0.15) is 0 Å². The molecule has 0 bridgehead atoms. The third kappa shape index (κ3) is 25.6. The number of hydrogen-bond acceptors (Lipinski definition) is 0. The maximum atomic E-state index is 0. The molecule has 1 radical (unpaired) electrons. The topological polar surface area (TPSA) is 0 Å². The van der Waals surface area contributed by atoms with Crippen molar-refractivity contribution in [1.29, 1.82) is 0 Å². The van der Waals surface area contributed by atoms with Crippen molar-refractivity contribution in [2.24, 2.45) is 0 Å². The molecule has 6 heteroatoms. The van der Waals surface area contributed by atoms with Crippen LogP contribution in [0.2, 0.25) is 0 Å². The molecule has 0 saturated carbocycles. The van der Waals surface area contributed by atoms with Crippen LogP contribution in [0, 0.1) is 0 Å². The van der Waals surface area contributed by atoms with Crippen LogP contribution >= 0.6 is 0 Å². The SMILES string of the molecule is [AlH3].[AlH3].[AlH3].[Cr].[V].[Zr]. The van der Waals surface area contributed by atoms with Gasteiger partial charge in [0.25, 0.3) is 0 Å². The standard InChI is InChI=1S/3Al.Cr.V.Zr.9H. The van der Waals surface area contributed by atoms with Gasteiger partial charge >= 0.3 is 0 Å². The van der Waals surface area contributed by atoms with Gasteiger partial charge in [-0.3, -0.25) is 0 Å². The molecular formula is H9Al3CrVZr. The summed E-state index contributed by atoms with van der Waals surface area (Å²) in [7, 11) is 0. The van der Waals surface area contributed by atoms with Crippen molar-refractivity contribution < 1.29 is 62.1 Å². The molecule has 33 valence electrons. The molecule has 0 aliphatic heterocycles. The zero-order valence-corrected chi connectivity index (χ0v) is 6.49. The van der Waals surface area contributed by atoms with Gasteiger partial charge in [-0.25, -0.2) is 0 Å². The summed E-state index contributed by atoms with van der Waals surface area (Å²) in [5.41, 5.74) is 0. The molecule has 0 rings (SSSR count). The Morgan fingerprint density at radius 1 is 0.667 bits per heavy atom. The average molecular weight is 284 g/mol. The molecule has 0 nitrogen and oxygen atoms in total. The van der Waals surface area contributed by atoms with Crippen molar-refractivity contribution in [2.45, 2.75) is 0 Å². The Balaban J connectivity index is 0. The van der Waals surface area contributed by atoms with E-state index in [1.807, 2.05) is 0 Å². The minimum absolute atomic E-state index is 0. The van der Waals surface area contributed by atoms with Crippen LogP contribution in [0.15, 0.2) is 0 Å². The molecule has 0 heterocycles. The molecule has 0 unspecified atom stereocenters. The summed E-state index contributed by atoms with van der Waals surface area (Å²) in [4.78, 5) is 0. The summed E-state index contributed by atoms with van der Waals surface area (Å²) in [6.45, 7) is 0. The van der Waals surface area contributed by atoms with Crippen molar-refractivity contribution in [1.82, 2.24) is 0 Å².